The van der Waals surface area contributed by atoms with Crippen molar-refractivity contribution in [2.24, 2.45) is 0 Å². The molecule has 0 saturated carbocycles. The van der Waals surface area contributed by atoms with Crippen LogP contribution in [0.25, 0.3) is 0 Å². The SMILES string of the molecule is CC(c1cc(Br)ccc1F)N(C)/C=C(CCN1CC(F)C1)\C(=C/C=O)C(F)(F)F.O=CO. The van der Waals surface area contributed by atoms with Gasteiger partial charge < -0.3 is 10.0 Å². The maximum Gasteiger partial charge on any atom is 0.416 e. The van der Waals surface area contributed by atoms with Crippen LogP contribution in [0.2, 0.25) is 0 Å². The Morgan fingerprint density at radius 2 is 1.94 bits per heavy atom. The summed E-state index contributed by atoms with van der Waals surface area (Å²) in [6.45, 7) is 2.01. The number of rotatable bonds is 8. The van der Waals surface area contributed by atoms with E-state index in [9.17, 15) is 26.7 Å². The highest BCUT2D eigenvalue weighted by Gasteiger charge is 2.36. The van der Waals surface area contributed by atoms with Crippen molar-refractivity contribution in [2.75, 3.05) is 26.7 Å². The van der Waals surface area contributed by atoms with Gasteiger partial charge >= 0.3 is 6.18 Å². The summed E-state index contributed by atoms with van der Waals surface area (Å²) in [5.74, 6) is -0.475. The van der Waals surface area contributed by atoms with Crippen LogP contribution >= 0.6 is 15.9 Å². The zero-order chi connectivity index (χ0) is 24.5. The summed E-state index contributed by atoms with van der Waals surface area (Å²) in [6.07, 6.45) is -3.86. The van der Waals surface area contributed by atoms with Gasteiger partial charge in [-0.3, -0.25) is 14.5 Å². The van der Waals surface area contributed by atoms with Gasteiger partial charge in [0, 0.05) is 42.9 Å². The second kappa shape index (κ2) is 12.7. The minimum atomic E-state index is -4.73. The minimum Gasteiger partial charge on any atom is -0.483 e. The zero-order valence-electron chi connectivity index (χ0n) is 17.5. The number of halogens is 6. The molecule has 0 bridgehead atoms. The Labute approximate surface area is 191 Å². The maximum absolute atomic E-state index is 14.2. The molecule has 0 amide bonds. The standard InChI is InChI=1S/C20H22BrF5N2O.CH2O2/c1-13(17-9-15(21)3-4-19(17)23)27(2)10-14(5-7-28-11-16(22)12-28)18(6-8-29)20(24,25)26;2-1-3/h3-4,6,8-10,13,16H,5,7,11-12H2,1-2H3;1H,(H,2,3)/b14-10-,18-6+;. The van der Waals surface area contributed by atoms with E-state index in [4.69, 9.17) is 9.90 Å². The van der Waals surface area contributed by atoms with Crippen LogP contribution in [-0.2, 0) is 9.59 Å². The van der Waals surface area contributed by atoms with E-state index in [-0.39, 0.29) is 44.4 Å². The predicted molar refractivity (Wildman–Crippen MR) is 113 cm³/mol. The number of nitrogens with zero attached hydrogens (tertiary/aromatic N) is 2. The van der Waals surface area contributed by atoms with Gasteiger partial charge in [-0.25, -0.2) is 8.78 Å². The van der Waals surface area contributed by atoms with Gasteiger partial charge in [-0.2, -0.15) is 13.2 Å². The zero-order valence-corrected chi connectivity index (χ0v) is 19.0. The van der Waals surface area contributed by atoms with Crippen LogP contribution in [0.4, 0.5) is 22.0 Å². The normalized spacial score (nSPS) is 16.5. The van der Waals surface area contributed by atoms with Gasteiger partial charge in [0.2, 0.25) is 0 Å². The van der Waals surface area contributed by atoms with E-state index in [1.54, 1.807) is 24.9 Å². The van der Waals surface area contributed by atoms with E-state index in [0.717, 1.165) is 0 Å². The highest BCUT2D eigenvalue weighted by molar-refractivity contribution is 9.10. The molecule has 178 valence electrons. The van der Waals surface area contributed by atoms with Crippen LogP contribution in [0.3, 0.4) is 0 Å². The molecular formula is C21H24BrF5N2O3. The molecule has 1 aromatic rings. The molecule has 11 heteroatoms. The average Bonchev–Trinajstić information content (AvgIpc) is 2.68. The van der Waals surface area contributed by atoms with Gasteiger partial charge in [0.05, 0.1) is 11.6 Å². The van der Waals surface area contributed by atoms with Gasteiger partial charge in [0.15, 0.2) is 0 Å². The first-order chi connectivity index (χ1) is 14.9. The third-order valence-electron chi connectivity index (χ3n) is 4.87. The molecule has 2 rings (SSSR count). The molecule has 0 radical (unpaired) electrons. The lowest BCUT2D eigenvalue weighted by Crippen LogP contribution is -2.48. The smallest absolute Gasteiger partial charge is 0.416 e. The number of carbonyl (C=O) groups is 2. The molecule has 1 fully saturated rings. The number of benzene rings is 1. The van der Waals surface area contributed by atoms with Gasteiger partial charge in [-0.15, -0.1) is 0 Å². The molecule has 0 aliphatic carbocycles. The summed E-state index contributed by atoms with van der Waals surface area (Å²) in [4.78, 5) is 22.3. The highest BCUT2D eigenvalue weighted by Crippen LogP contribution is 2.34. The summed E-state index contributed by atoms with van der Waals surface area (Å²) in [5, 5.41) is 6.89. The first-order valence-electron chi connectivity index (χ1n) is 9.49. The van der Waals surface area contributed by atoms with Crippen molar-refractivity contribution in [3.8, 4) is 0 Å². The maximum atomic E-state index is 14.2. The number of carbonyl (C=O) groups excluding carboxylic acids is 1. The van der Waals surface area contributed by atoms with E-state index in [2.05, 4.69) is 15.9 Å². The molecular weight excluding hydrogens is 503 g/mol. The molecule has 1 atom stereocenters. The molecule has 1 aromatic carbocycles. The second-order valence-corrected chi connectivity index (χ2v) is 8.00. The van der Waals surface area contributed by atoms with E-state index in [0.29, 0.717) is 16.1 Å². The van der Waals surface area contributed by atoms with Crippen molar-refractivity contribution >= 4 is 28.7 Å². The van der Waals surface area contributed by atoms with E-state index >= 15 is 0 Å². The van der Waals surface area contributed by atoms with Crippen molar-refractivity contribution in [2.45, 2.75) is 31.7 Å². The number of carboxylic acid groups (broad SMARTS) is 1. The van der Waals surface area contributed by atoms with Crippen molar-refractivity contribution in [3.05, 3.63) is 57.5 Å². The predicted octanol–water partition coefficient (Wildman–Crippen LogP) is 4.90. The Kier molecular flexibility index (Phi) is 11.0. The summed E-state index contributed by atoms with van der Waals surface area (Å²) in [6, 6.07) is 3.82. The number of alkyl halides is 4. The molecule has 1 aliphatic heterocycles. The Hall–Kier alpha value is -2.27. The van der Waals surface area contributed by atoms with Crippen LogP contribution in [0.15, 0.2) is 46.1 Å². The molecule has 1 saturated heterocycles. The molecule has 1 heterocycles. The quantitative estimate of drug-likeness (QED) is 0.226. The van der Waals surface area contributed by atoms with Gasteiger partial charge in [-0.05, 0) is 43.2 Å². The van der Waals surface area contributed by atoms with Crippen molar-refractivity contribution in [1.82, 2.24) is 9.80 Å². The Bertz CT molecular complexity index is 839. The van der Waals surface area contributed by atoms with E-state index in [1.807, 2.05) is 0 Å². The van der Waals surface area contributed by atoms with Crippen LogP contribution in [0, 0.1) is 5.82 Å². The molecule has 1 unspecified atom stereocenters. The Morgan fingerprint density at radius 1 is 1.34 bits per heavy atom. The fourth-order valence-electron chi connectivity index (χ4n) is 3.10. The minimum absolute atomic E-state index is 0.0239. The lowest BCUT2D eigenvalue weighted by atomic mass is 10.0. The Balaban J connectivity index is 0.00000161. The summed E-state index contributed by atoms with van der Waals surface area (Å²) in [7, 11) is 1.54. The van der Waals surface area contributed by atoms with Crippen LogP contribution in [0.1, 0.15) is 24.9 Å². The summed E-state index contributed by atoms with van der Waals surface area (Å²) < 4.78 is 68.3. The first-order valence-corrected chi connectivity index (χ1v) is 10.3. The number of likely N-dealkylation sites (tertiary alicyclic amines) is 1. The summed E-state index contributed by atoms with van der Waals surface area (Å²) >= 11 is 3.26. The van der Waals surface area contributed by atoms with E-state index < -0.39 is 29.8 Å². The topological polar surface area (TPSA) is 60.9 Å². The lowest BCUT2D eigenvalue weighted by molar-refractivity contribution is -0.122. The lowest BCUT2D eigenvalue weighted by Gasteiger charge is -2.35. The molecule has 5 nitrogen and oxygen atoms in total. The van der Waals surface area contributed by atoms with Crippen molar-refractivity contribution in [3.63, 3.8) is 0 Å². The largest absolute Gasteiger partial charge is 0.483 e. The van der Waals surface area contributed by atoms with Crippen LogP contribution in [-0.4, -0.2) is 66.7 Å². The first kappa shape index (κ1) is 27.8. The molecule has 1 N–H and O–H groups in total. The number of hydrogen-bond donors (Lipinski definition) is 1. The van der Waals surface area contributed by atoms with Gasteiger partial charge in [0.25, 0.3) is 6.47 Å². The third kappa shape index (κ3) is 8.34. The average molecular weight is 527 g/mol. The van der Waals surface area contributed by atoms with Crippen molar-refractivity contribution < 1.29 is 36.6 Å². The molecule has 0 aromatic heterocycles. The monoisotopic (exact) mass is 526 g/mol. The molecule has 32 heavy (non-hydrogen) atoms. The third-order valence-corrected chi connectivity index (χ3v) is 5.37. The van der Waals surface area contributed by atoms with Crippen LogP contribution in [0.5, 0.6) is 0 Å². The fourth-order valence-corrected chi connectivity index (χ4v) is 3.48. The van der Waals surface area contributed by atoms with Gasteiger partial charge in [0.1, 0.15) is 18.3 Å². The van der Waals surface area contributed by atoms with Crippen LogP contribution < -0.4 is 0 Å². The number of aldehydes is 1. The molecule has 0 spiro atoms. The van der Waals surface area contributed by atoms with Crippen molar-refractivity contribution in [1.29, 1.82) is 0 Å². The number of hydrogen-bond acceptors (Lipinski definition) is 4. The Morgan fingerprint density at radius 3 is 2.44 bits per heavy atom. The fraction of sp³-hybridized carbons (Fsp3) is 0.429. The molecule has 1 aliphatic rings. The highest BCUT2D eigenvalue weighted by atomic mass is 79.9. The van der Waals surface area contributed by atoms with Gasteiger partial charge in [-0.1, -0.05) is 15.9 Å². The van der Waals surface area contributed by atoms with E-state index in [1.165, 1.54) is 23.2 Å². The summed E-state index contributed by atoms with van der Waals surface area (Å²) in [5.41, 5.74) is -0.858. The second-order valence-electron chi connectivity index (χ2n) is 7.09. The number of allylic oxidation sites excluding steroid dienone is 2.